The average Bonchev–Trinajstić information content (AvgIpc) is 2.62. The van der Waals surface area contributed by atoms with Crippen LogP contribution in [-0.2, 0) is 16.0 Å². The molecule has 0 radical (unpaired) electrons. The Morgan fingerprint density at radius 3 is 2.84 bits per heavy atom. The van der Waals surface area contributed by atoms with Crippen molar-refractivity contribution >= 4 is 5.97 Å². The molecule has 0 saturated heterocycles. The van der Waals surface area contributed by atoms with Crippen LogP contribution in [0.15, 0.2) is 72.3 Å². The number of para-hydroxylation sites is 1. The third-order valence-corrected chi connectivity index (χ3v) is 3.80. The van der Waals surface area contributed by atoms with Crippen molar-refractivity contribution in [3.8, 4) is 11.8 Å². The van der Waals surface area contributed by atoms with Gasteiger partial charge >= 0.3 is 5.97 Å². The van der Waals surface area contributed by atoms with Crippen LogP contribution in [0.1, 0.15) is 24.1 Å². The monoisotopic (exact) mass is 332 g/mol. The van der Waals surface area contributed by atoms with Crippen LogP contribution in [-0.4, -0.2) is 11.0 Å². The first-order valence-electron chi connectivity index (χ1n) is 7.83. The van der Waals surface area contributed by atoms with Crippen molar-refractivity contribution in [2.45, 2.75) is 19.3 Å². The van der Waals surface area contributed by atoms with Gasteiger partial charge in [0.05, 0.1) is 11.8 Å². The third-order valence-electron chi connectivity index (χ3n) is 3.80. The number of ether oxygens (including phenoxy) is 2. The standard InChI is InChI=1S/C20H16N2O3/c1-14(23)24-20-17(13-15-7-2-3-10-19(15)25-20)16(8-6-11-21)18-9-4-5-12-22-18/h2-10,12,16H,13H2,1H3. The van der Waals surface area contributed by atoms with Crippen LogP contribution in [0, 0.1) is 11.3 Å². The Labute approximate surface area is 145 Å². The first-order valence-corrected chi connectivity index (χ1v) is 7.83. The molecule has 1 aromatic heterocycles. The molecule has 0 spiro atoms. The molecule has 25 heavy (non-hydrogen) atoms. The molecule has 1 atom stereocenters. The van der Waals surface area contributed by atoms with Crippen molar-refractivity contribution in [1.82, 2.24) is 4.98 Å². The van der Waals surface area contributed by atoms with E-state index in [1.807, 2.05) is 48.5 Å². The second kappa shape index (κ2) is 7.45. The molecule has 0 saturated carbocycles. The zero-order valence-corrected chi connectivity index (χ0v) is 13.7. The Bertz CT molecular complexity index is 879. The van der Waals surface area contributed by atoms with E-state index in [1.165, 1.54) is 13.0 Å². The molecule has 0 amide bonds. The predicted octanol–water partition coefficient (Wildman–Crippen LogP) is 3.65. The molecule has 2 heterocycles. The molecule has 124 valence electrons. The highest BCUT2D eigenvalue weighted by Crippen LogP contribution is 2.37. The molecule has 0 fully saturated rings. The molecule has 1 unspecified atom stereocenters. The highest BCUT2D eigenvalue weighted by Gasteiger charge is 2.28. The summed E-state index contributed by atoms with van der Waals surface area (Å²) in [4.78, 5) is 15.9. The number of pyridine rings is 1. The van der Waals surface area contributed by atoms with Crippen molar-refractivity contribution in [3.63, 3.8) is 0 Å². The molecule has 1 aromatic carbocycles. The molecule has 0 aliphatic carbocycles. The molecule has 0 bridgehead atoms. The zero-order valence-electron chi connectivity index (χ0n) is 13.7. The highest BCUT2D eigenvalue weighted by molar-refractivity contribution is 5.67. The smallest absolute Gasteiger partial charge is 0.310 e. The van der Waals surface area contributed by atoms with E-state index in [0.717, 1.165) is 16.8 Å². The summed E-state index contributed by atoms with van der Waals surface area (Å²) >= 11 is 0. The highest BCUT2D eigenvalue weighted by atomic mass is 16.7. The number of hydrogen-bond donors (Lipinski definition) is 0. The molecular weight excluding hydrogens is 316 g/mol. The minimum atomic E-state index is -0.462. The fraction of sp³-hybridized carbons (Fsp3) is 0.150. The van der Waals surface area contributed by atoms with E-state index in [4.69, 9.17) is 14.7 Å². The van der Waals surface area contributed by atoms with E-state index in [0.29, 0.717) is 12.2 Å². The predicted molar refractivity (Wildman–Crippen MR) is 91.3 cm³/mol. The lowest BCUT2D eigenvalue weighted by atomic mass is 9.88. The van der Waals surface area contributed by atoms with Crippen LogP contribution in [0.5, 0.6) is 5.75 Å². The number of nitrogens with zero attached hydrogens (tertiary/aromatic N) is 2. The van der Waals surface area contributed by atoms with Gasteiger partial charge in [-0.3, -0.25) is 9.78 Å². The summed E-state index contributed by atoms with van der Waals surface area (Å²) in [7, 11) is 0. The van der Waals surface area contributed by atoms with E-state index in [9.17, 15) is 4.79 Å². The van der Waals surface area contributed by atoms with E-state index in [1.54, 1.807) is 12.3 Å². The molecule has 2 aromatic rings. The number of benzene rings is 1. The summed E-state index contributed by atoms with van der Waals surface area (Å²) in [5.41, 5.74) is 2.48. The number of fused-ring (bicyclic) bond motifs is 1. The number of nitriles is 1. The Morgan fingerprint density at radius 1 is 1.32 bits per heavy atom. The Kier molecular flexibility index (Phi) is 4.91. The van der Waals surface area contributed by atoms with Crippen LogP contribution in [0.25, 0.3) is 0 Å². The lowest BCUT2D eigenvalue weighted by molar-refractivity contribution is -0.140. The van der Waals surface area contributed by atoms with Gasteiger partial charge in [0.25, 0.3) is 5.95 Å². The van der Waals surface area contributed by atoms with Crippen LogP contribution >= 0.6 is 0 Å². The van der Waals surface area contributed by atoms with Crippen LogP contribution in [0.4, 0.5) is 0 Å². The van der Waals surface area contributed by atoms with Gasteiger partial charge in [0.2, 0.25) is 0 Å². The number of esters is 1. The van der Waals surface area contributed by atoms with Gasteiger partial charge in [-0.25, -0.2) is 0 Å². The maximum atomic E-state index is 11.5. The number of carbonyl (C=O) groups excluding carboxylic acids is 1. The van der Waals surface area contributed by atoms with Gasteiger partial charge in [-0.1, -0.05) is 30.3 Å². The van der Waals surface area contributed by atoms with E-state index >= 15 is 0 Å². The summed E-state index contributed by atoms with van der Waals surface area (Å²) < 4.78 is 11.1. The Balaban J connectivity index is 2.09. The quantitative estimate of drug-likeness (QED) is 0.631. The largest absolute Gasteiger partial charge is 0.426 e. The van der Waals surface area contributed by atoms with Crippen LogP contribution < -0.4 is 4.74 Å². The van der Waals surface area contributed by atoms with E-state index in [-0.39, 0.29) is 11.9 Å². The molecule has 3 rings (SSSR count). The van der Waals surface area contributed by atoms with Gasteiger partial charge in [0.15, 0.2) is 0 Å². The number of hydrogen-bond acceptors (Lipinski definition) is 5. The lowest BCUT2D eigenvalue weighted by Gasteiger charge is -2.25. The summed E-state index contributed by atoms with van der Waals surface area (Å²) in [6.07, 6.45) is 5.36. The average molecular weight is 332 g/mol. The summed E-state index contributed by atoms with van der Waals surface area (Å²) in [5, 5.41) is 8.94. The maximum absolute atomic E-state index is 11.5. The zero-order chi connectivity index (χ0) is 17.6. The summed E-state index contributed by atoms with van der Waals surface area (Å²) in [6, 6.07) is 15.1. The van der Waals surface area contributed by atoms with Gasteiger partial charge in [-0.2, -0.15) is 5.26 Å². The molecular formula is C20H16N2O3. The number of rotatable bonds is 4. The third kappa shape index (κ3) is 3.75. The second-order valence-corrected chi connectivity index (χ2v) is 5.51. The maximum Gasteiger partial charge on any atom is 0.310 e. The fourth-order valence-corrected chi connectivity index (χ4v) is 2.74. The van der Waals surface area contributed by atoms with Crippen molar-refractivity contribution in [2.24, 2.45) is 0 Å². The summed E-state index contributed by atoms with van der Waals surface area (Å²) in [5.74, 6) is 0.0236. The normalized spacial score (nSPS) is 14.4. The van der Waals surface area contributed by atoms with Gasteiger partial charge in [-0.05, 0) is 23.8 Å². The Hall–Kier alpha value is -3.39. The molecule has 0 N–H and O–H groups in total. The first-order chi connectivity index (χ1) is 12.2. The van der Waals surface area contributed by atoms with Gasteiger partial charge < -0.3 is 9.47 Å². The fourth-order valence-electron chi connectivity index (χ4n) is 2.74. The van der Waals surface area contributed by atoms with Crippen LogP contribution in [0.2, 0.25) is 0 Å². The van der Waals surface area contributed by atoms with Crippen molar-refractivity contribution < 1.29 is 14.3 Å². The van der Waals surface area contributed by atoms with E-state index in [2.05, 4.69) is 4.98 Å². The van der Waals surface area contributed by atoms with Gasteiger partial charge in [-0.15, -0.1) is 0 Å². The molecule has 5 heteroatoms. The van der Waals surface area contributed by atoms with Crippen molar-refractivity contribution in [2.75, 3.05) is 0 Å². The Morgan fingerprint density at radius 2 is 2.12 bits per heavy atom. The van der Waals surface area contributed by atoms with Crippen LogP contribution in [0.3, 0.4) is 0 Å². The lowest BCUT2D eigenvalue weighted by Crippen LogP contribution is -2.19. The minimum absolute atomic E-state index is 0.157. The van der Waals surface area contributed by atoms with E-state index < -0.39 is 5.97 Å². The second-order valence-electron chi connectivity index (χ2n) is 5.51. The van der Waals surface area contributed by atoms with Crippen molar-refractivity contribution in [1.29, 1.82) is 5.26 Å². The minimum Gasteiger partial charge on any atom is -0.426 e. The van der Waals surface area contributed by atoms with Crippen molar-refractivity contribution in [3.05, 3.63) is 83.6 Å². The summed E-state index contributed by atoms with van der Waals surface area (Å²) in [6.45, 7) is 1.33. The topological polar surface area (TPSA) is 72.2 Å². The number of allylic oxidation sites excluding steroid dienone is 3. The molecule has 5 nitrogen and oxygen atoms in total. The number of aromatic nitrogens is 1. The molecule has 1 aliphatic rings. The van der Waals surface area contributed by atoms with Gasteiger partial charge in [0.1, 0.15) is 5.75 Å². The van der Waals surface area contributed by atoms with Gasteiger partial charge in [0, 0.05) is 37.1 Å². The first kappa shape index (κ1) is 16.5. The molecule has 1 aliphatic heterocycles. The number of carbonyl (C=O) groups is 1. The SMILES string of the molecule is CC(=O)OC1=C(C(C=CC#N)c2ccccn2)Cc2ccccc2O1.